The van der Waals surface area contributed by atoms with Gasteiger partial charge in [0.2, 0.25) is 0 Å². The van der Waals surface area contributed by atoms with Crippen LogP contribution in [0.5, 0.6) is 0 Å². The summed E-state index contributed by atoms with van der Waals surface area (Å²) >= 11 is 3.35. The molecule has 0 saturated heterocycles. The number of carbonyl (C=O) groups excluding carboxylic acids is 1. The van der Waals surface area contributed by atoms with Crippen molar-refractivity contribution in [3.05, 3.63) is 57.5 Å². The zero-order valence-corrected chi connectivity index (χ0v) is 12.2. The van der Waals surface area contributed by atoms with Crippen molar-refractivity contribution in [2.75, 3.05) is 0 Å². The Bertz CT molecular complexity index is 615. The molecule has 1 N–H and O–H groups in total. The predicted octanol–water partition coefficient (Wildman–Crippen LogP) is 3.42. The molecule has 1 amide bonds. The first-order valence-corrected chi connectivity index (χ1v) is 6.51. The fraction of sp³-hybridized carbons (Fsp3) is 0.143. The molecule has 0 aliphatic rings. The number of nitrogens with zero attached hydrogens (tertiary/aromatic N) is 1. The second-order valence-electron chi connectivity index (χ2n) is 4.08. The minimum Gasteiger partial charge on any atom is -0.466 e. The lowest BCUT2D eigenvalue weighted by atomic mass is 10.2. The van der Waals surface area contributed by atoms with E-state index in [2.05, 4.69) is 26.5 Å². The SMILES string of the molecule is Cc1cc(C(=O)N/N=C/c2ccc(Br)cc2)c(C)o1. The Hall–Kier alpha value is -1.88. The lowest BCUT2D eigenvalue weighted by Gasteiger charge is -1.97. The van der Waals surface area contributed by atoms with Crippen LogP contribution in [0.2, 0.25) is 0 Å². The van der Waals surface area contributed by atoms with Gasteiger partial charge in [0, 0.05) is 4.47 Å². The van der Waals surface area contributed by atoms with Gasteiger partial charge in [-0.2, -0.15) is 5.10 Å². The third-order valence-corrected chi connectivity index (χ3v) is 3.06. The maximum Gasteiger partial charge on any atom is 0.274 e. The van der Waals surface area contributed by atoms with Gasteiger partial charge in [-0.15, -0.1) is 0 Å². The topological polar surface area (TPSA) is 54.6 Å². The lowest BCUT2D eigenvalue weighted by molar-refractivity contribution is 0.0953. The van der Waals surface area contributed by atoms with Crippen molar-refractivity contribution >= 4 is 28.1 Å². The highest BCUT2D eigenvalue weighted by Gasteiger charge is 2.12. The number of hydrogen-bond acceptors (Lipinski definition) is 3. The summed E-state index contributed by atoms with van der Waals surface area (Å²) in [6.07, 6.45) is 1.59. The molecule has 0 atom stereocenters. The Balaban J connectivity index is 2.00. The van der Waals surface area contributed by atoms with Crippen LogP contribution >= 0.6 is 15.9 Å². The molecule has 0 spiro atoms. The molecule has 0 fully saturated rings. The lowest BCUT2D eigenvalue weighted by Crippen LogP contribution is -2.17. The van der Waals surface area contributed by atoms with Crippen LogP contribution in [0.25, 0.3) is 0 Å². The first-order valence-electron chi connectivity index (χ1n) is 5.72. The maximum atomic E-state index is 11.8. The third kappa shape index (κ3) is 3.54. The number of carbonyl (C=O) groups is 1. The van der Waals surface area contributed by atoms with Gasteiger partial charge in [-0.05, 0) is 37.6 Å². The first-order chi connectivity index (χ1) is 9.06. The molecule has 98 valence electrons. The summed E-state index contributed by atoms with van der Waals surface area (Å²) in [5.41, 5.74) is 3.89. The van der Waals surface area contributed by atoms with Crippen LogP contribution < -0.4 is 5.43 Å². The number of hydrazone groups is 1. The summed E-state index contributed by atoms with van der Waals surface area (Å²) in [6, 6.07) is 9.30. The Labute approximate surface area is 119 Å². The van der Waals surface area contributed by atoms with Crippen molar-refractivity contribution in [1.82, 2.24) is 5.43 Å². The molecule has 5 heteroatoms. The predicted molar refractivity (Wildman–Crippen MR) is 77.4 cm³/mol. The molecule has 0 aliphatic heterocycles. The highest BCUT2D eigenvalue weighted by atomic mass is 79.9. The van der Waals surface area contributed by atoms with Gasteiger partial charge in [-0.1, -0.05) is 28.1 Å². The van der Waals surface area contributed by atoms with Gasteiger partial charge >= 0.3 is 0 Å². The molecule has 0 aliphatic carbocycles. The van der Waals surface area contributed by atoms with Gasteiger partial charge in [0.15, 0.2) is 0 Å². The van der Waals surface area contributed by atoms with Crippen LogP contribution in [-0.4, -0.2) is 12.1 Å². The highest BCUT2D eigenvalue weighted by molar-refractivity contribution is 9.10. The van der Waals surface area contributed by atoms with E-state index in [0.29, 0.717) is 17.1 Å². The fourth-order valence-electron chi connectivity index (χ4n) is 1.63. The van der Waals surface area contributed by atoms with Gasteiger partial charge in [0.05, 0.1) is 11.8 Å². The Kier molecular flexibility index (Phi) is 4.16. The summed E-state index contributed by atoms with van der Waals surface area (Å²) in [5, 5.41) is 3.92. The van der Waals surface area contributed by atoms with Gasteiger partial charge < -0.3 is 4.42 Å². The average Bonchev–Trinajstić information content (AvgIpc) is 2.71. The summed E-state index contributed by atoms with van der Waals surface area (Å²) in [4.78, 5) is 11.8. The van der Waals surface area contributed by atoms with Gasteiger partial charge in [0.1, 0.15) is 11.5 Å². The molecule has 0 radical (unpaired) electrons. The van der Waals surface area contributed by atoms with Crippen molar-refractivity contribution in [1.29, 1.82) is 0 Å². The number of hydrogen-bond donors (Lipinski definition) is 1. The van der Waals surface area contributed by atoms with E-state index in [4.69, 9.17) is 4.42 Å². The van der Waals surface area contributed by atoms with E-state index in [-0.39, 0.29) is 5.91 Å². The van der Waals surface area contributed by atoms with E-state index in [1.165, 1.54) is 0 Å². The molecule has 0 bridgehead atoms. The van der Waals surface area contributed by atoms with E-state index in [9.17, 15) is 4.79 Å². The average molecular weight is 321 g/mol. The second-order valence-corrected chi connectivity index (χ2v) is 4.99. The molecule has 1 heterocycles. The standard InChI is InChI=1S/C14H13BrN2O2/c1-9-7-13(10(2)19-9)14(18)17-16-8-11-3-5-12(15)6-4-11/h3-8H,1-2H3,(H,17,18)/b16-8+. The van der Waals surface area contributed by atoms with Crippen molar-refractivity contribution in [3.63, 3.8) is 0 Å². The van der Waals surface area contributed by atoms with Crippen LogP contribution in [0.15, 0.2) is 44.3 Å². The van der Waals surface area contributed by atoms with Gasteiger partial charge in [-0.25, -0.2) is 5.43 Å². The first kappa shape index (κ1) is 13.5. The van der Waals surface area contributed by atoms with Crippen LogP contribution in [0.4, 0.5) is 0 Å². The summed E-state index contributed by atoms with van der Waals surface area (Å²) < 4.78 is 6.29. The highest BCUT2D eigenvalue weighted by Crippen LogP contribution is 2.13. The normalized spacial score (nSPS) is 10.9. The Morgan fingerprint density at radius 2 is 2.00 bits per heavy atom. The van der Waals surface area contributed by atoms with E-state index >= 15 is 0 Å². The Morgan fingerprint density at radius 3 is 2.58 bits per heavy atom. The summed E-state index contributed by atoms with van der Waals surface area (Å²) in [5.74, 6) is 1.02. The number of benzene rings is 1. The molecule has 2 aromatic rings. The third-order valence-electron chi connectivity index (χ3n) is 2.54. The van der Waals surface area contributed by atoms with E-state index in [0.717, 1.165) is 10.0 Å². The monoisotopic (exact) mass is 320 g/mol. The van der Waals surface area contributed by atoms with E-state index < -0.39 is 0 Å². The zero-order valence-electron chi connectivity index (χ0n) is 10.6. The smallest absolute Gasteiger partial charge is 0.274 e. The van der Waals surface area contributed by atoms with Crippen LogP contribution in [0.3, 0.4) is 0 Å². The van der Waals surface area contributed by atoms with Crippen LogP contribution in [0, 0.1) is 13.8 Å². The minimum atomic E-state index is -0.275. The maximum absolute atomic E-state index is 11.8. The fourth-order valence-corrected chi connectivity index (χ4v) is 1.90. The quantitative estimate of drug-likeness (QED) is 0.696. The number of nitrogens with one attached hydrogen (secondary N) is 1. The molecule has 4 nitrogen and oxygen atoms in total. The number of amides is 1. The number of aryl methyl sites for hydroxylation is 2. The molecule has 0 unspecified atom stereocenters. The van der Waals surface area contributed by atoms with Crippen molar-refractivity contribution in [2.24, 2.45) is 5.10 Å². The molecule has 0 saturated carbocycles. The van der Waals surface area contributed by atoms with Gasteiger partial charge in [0.25, 0.3) is 5.91 Å². The minimum absolute atomic E-state index is 0.275. The number of halogens is 1. The van der Waals surface area contributed by atoms with E-state index in [1.54, 1.807) is 26.1 Å². The summed E-state index contributed by atoms with van der Waals surface area (Å²) in [6.45, 7) is 3.55. The zero-order chi connectivity index (χ0) is 13.8. The van der Waals surface area contributed by atoms with Gasteiger partial charge in [-0.3, -0.25) is 4.79 Å². The Morgan fingerprint density at radius 1 is 1.32 bits per heavy atom. The number of furan rings is 1. The van der Waals surface area contributed by atoms with Crippen LogP contribution in [-0.2, 0) is 0 Å². The molecule has 2 rings (SSSR count). The number of rotatable bonds is 3. The molecule has 1 aromatic heterocycles. The van der Waals surface area contributed by atoms with Crippen molar-refractivity contribution in [3.8, 4) is 0 Å². The van der Waals surface area contributed by atoms with E-state index in [1.807, 2.05) is 24.3 Å². The largest absolute Gasteiger partial charge is 0.466 e. The molecule has 1 aromatic carbocycles. The molecular formula is C14H13BrN2O2. The second kappa shape index (κ2) is 5.84. The van der Waals surface area contributed by atoms with Crippen molar-refractivity contribution in [2.45, 2.75) is 13.8 Å². The van der Waals surface area contributed by atoms with Crippen molar-refractivity contribution < 1.29 is 9.21 Å². The molecular weight excluding hydrogens is 308 g/mol. The summed E-state index contributed by atoms with van der Waals surface area (Å²) in [7, 11) is 0. The molecule has 19 heavy (non-hydrogen) atoms. The van der Waals surface area contributed by atoms with Crippen LogP contribution in [0.1, 0.15) is 27.4 Å².